The fourth-order valence-electron chi connectivity index (χ4n) is 0.737. The van der Waals surface area contributed by atoms with Crippen LogP contribution in [0, 0.1) is 0 Å². The lowest BCUT2D eigenvalue weighted by Crippen LogP contribution is -2.39. The van der Waals surface area contributed by atoms with E-state index < -0.39 is 17.9 Å². The van der Waals surface area contributed by atoms with E-state index in [0.717, 1.165) is 12.2 Å². The lowest BCUT2D eigenvalue weighted by atomic mass is 10.3. The van der Waals surface area contributed by atoms with E-state index in [4.69, 9.17) is 14.9 Å². The Bertz CT molecular complexity index is 226. The Kier molecular flexibility index (Phi) is 6.34. The van der Waals surface area contributed by atoms with Crippen molar-refractivity contribution >= 4 is 11.9 Å². The summed E-state index contributed by atoms with van der Waals surface area (Å²) in [4.78, 5) is 21.0. The quantitative estimate of drug-likeness (QED) is 0.469. The van der Waals surface area contributed by atoms with E-state index >= 15 is 0 Å². The first-order valence-electron chi connectivity index (χ1n) is 3.91. The van der Waals surface area contributed by atoms with Crippen molar-refractivity contribution in [1.29, 1.82) is 0 Å². The summed E-state index contributed by atoms with van der Waals surface area (Å²) in [5.74, 6) is -1.78. The Labute approximate surface area is 81.2 Å². The third-order valence-electron chi connectivity index (χ3n) is 1.31. The summed E-state index contributed by atoms with van der Waals surface area (Å²) < 4.78 is 4.71. The molecule has 0 saturated carbocycles. The van der Waals surface area contributed by atoms with E-state index in [1.54, 1.807) is 0 Å². The zero-order valence-corrected chi connectivity index (χ0v) is 7.77. The lowest BCUT2D eigenvalue weighted by molar-refractivity contribution is -0.131. The van der Waals surface area contributed by atoms with Gasteiger partial charge in [0.2, 0.25) is 5.91 Å². The number of carboxylic acids is 1. The third-order valence-corrected chi connectivity index (χ3v) is 1.31. The van der Waals surface area contributed by atoms with Gasteiger partial charge in [-0.3, -0.25) is 4.79 Å². The van der Waals surface area contributed by atoms with Crippen LogP contribution in [0.25, 0.3) is 0 Å². The molecule has 0 saturated heterocycles. The average Bonchev–Trinajstić information content (AvgIpc) is 2.14. The molecule has 0 aliphatic carbocycles. The van der Waals surface area contributed by atoms with Crippen molar-refractivity contribution in [3.8, 4) is 0 Å². The number of carboxylic acid groups (broad SMARTS) is 1. The highest BCUT2D eigenvalue weighted by Crippen LogP contribution is 1.84. The van der Waals surface area contributed by atoms with Crippen LogP contribution < -0.4 is 5.32 Å². The van der Waals surface area contributed by atoms with Gasteiger partial charge in [-0.2, -0.15) is 0 Å². The topological polar surface area (TPSA) is 95.9 Å². The first-order valence-corrected chi connectivity index (χ1v) is 3.91. The minimum absolute atomic E-state index is 0.170. The number of hydrogen-bond acceptors (Lipinski definition) is 4. The molecule has 6 nitrogen and oxygen atoms in total. The second-order valence-corrected chi connectivity index (χ2v) is 2.51. The molecule has 0 aliphatic rings. The van der Waals surface area contributed by atoms with E-state index in [9.17, 15) is 9.59 Å². The van der Waals surface area contributed by atoms with Crippen LogP contribution in [0.2, 0.25) is 0 Å². The van der Waals surface area contributed by atoms with Crippen molar-refractivity contribution in [2.75, 3.05) is 20.3 Å². The molecule has 14 heavy (non-hydrogen) atoms. The second-order valence-electron chi connectivity index (χ2n) is 2.51. The van der Waals surface area contributed by atoms with Gasteiger partial charge in [0, 0.05) is 19.3 Å². The summed E-state index contributed by atoms with van der Waals surface area (Å²) in [6, 6.07) is -0.522. The smallest absolute Gasteiger partial charge is 0.328 e. The number of aliphatic hydroxyl groups excluding tert-OH is 1. The van der Waals surface area contributed by atoms with Crippen LogP contribution in [-0.2, 0) is 14.3 Å². The van der Waals surface area contributed by atoms with Gasteiger partial charge in [0.15, 0.2) is 0 Å². The monoisotopic (exact) mass is 203 g/mol. The zero-order chi connectivity index (χ0) is 11.0. The number of aliphatic carboxylic acids is 1. The molecule has 0 heterocycles. The fourth-order valence-corrected chi connectivity index (χ4v) is 0.737. The molecule has 0 bridgehead atoms. The molecular formula is C8H13NO5. The standard InChI is InChI=1S/C8H13NO5/c1-14-5-6(4-10)9-7(11)2-3-8(12)13/h2-3,6,10H,4-5H2,1H3,(H,9,11)(H,12,13)/b3-2+. The number of ether oxygens (including phenoxy) is 1. The maximum Gasteiger partial charge on any atom is 0.328 e. The van der Waals surface area contributed by atoms with Gasteiger partial charge in [0.25, 0.3) is 0 Å². The molecule has 1 atom stereocenters. The lowest BCUT2D eigenvalue weighted by Gasteiger charge is -2.13. The van der Waals surface area contributed by atoms with Crippen LogP contribution >= 0.6 is 0 Å². The van der Waals surface area contributed by atoms with Gasteiger partial charge in [0.1, 0.15) is 0 Å². The predicted molar refractivity (Wildman–Crippen MR) is 47.7 cm³/mol. The molecule has 3 N–H and O–H groups in total. The van der Waals surface area contributed by atoms with Crippen LogP contribution in [0.5, 0.6) is 0 Å². The minimum atomic E-state index is -1.20. The molecule has 1 amide bonds. The number of hydrogen-bond donors (Lipinski definition) is 3. The number of methoxy groups -OCH3 is 1. The number of aliphatic hydroxyl groups is 1. The Hall–Kier alpha value is -1.40. The molecule has 1 unspecified atom stereocenters. The number of carbonyl (C=O) groups is 2. The van der Waals surface area contributed by atoms with Crippen molar-refractivity contribution in [1.82, 2.24) is 5.32 Å². The first-order chi connectivity index (χ1) is 6.60. The predicted octanol–water partition coefficient (Wildman–Crippen LogP) is -1.25. The maximum atomic E-state index is 11.0. The van der Waals surface area contributed by atoms with Gasteiger partial charge in [-0.1, -0.05) is 0 Å². The Morgan fingerprint density at radius 3 is 2.57 bits per heavy atom. The number of amides is 1. The van der Waals surface area contributed by atoms with Crippen LogP contribution in [0.1, 0.15) is 0 Å². The first kappa shape index (κ1) is 12.6. The number of nitrogens with one attached hydrogen (secondary N) is 1. The molecule has 0 radical (unpaired) electrons. The van der Waals surface area contributed by atoms with Crippen molar-refractivity contribution in [2.45, 2.75) is 6.04 Å². The Balaban J connectivity index is 3.96. The second kappa shape index (κ2) is 7.05. The number of rotatable bonds is 6. The van der Waals surface area contributed by atoms with Crippen molar-refractivity contribution in [2.24, 2.45) is 0 Å². The molecule has 0 aliphatic heterocycles. The highest BCUT2D eigenvalue weighted by Gasteiger charge is 2.08. The largest absolute Gasteiger partial charge is 0.478 e. The molecular weight excluding hydrogens is 190 g/mol. The Morgan fingerprint density at radius 1 is 1.50 bits per heavy atom. The van der Waals surface area contributed by atoms with Gasteiger partial charge in [-0.25, -0.2) is 4.79 Å². The van der Waals surface area contributed by atoms with Gasteiger partial charge >= 0.3 is 5.97 Å². The molecule has 0 aromatic heterocycles. The SMILES string of the molecule is COCC(CO)NC(=O)/C=C/C(=O)O. The molecule has 6 heteroatoms. The number of carbonyl (C=O) groups excluding carboxylic acids is 1. The highest BCUT2D eigenvalue weighted by molar-refractivity contribution is 5.93. The molecule has 0 spiro atoms. The Morgan fingerprint density at radius 2 is 2.14 bits per heavy atom. The molecule has 0 fully saturated rings. The van der Waals surface area contributed by atoms with E-state index in [1.807, 2.05) is 0 Å². The van der Waals surface area contributed by atoms with Gasteiger partial charge in [0.05, 0.1) is 19.3 Å². The molecule has 0 rings (SSSR count). The zero-order valence-electron chi connectivity index (χ0n) is 7.77. The van der Waals surface area contributed by atoms with E-state index in [2.05, 4.69) is 5.32 Å². The fraction of sp³-hybridized carbons (Fsp3) is 0.500. The summed E-state index contributed by atoms with van der Waals surface area (Å²) in [5, 5.41) is 19.3. The summed E-state index contributed by atoms with van der Waals surface area (Å²) in [5.41, 5.74) is 0. The van der Waals surface area contributed by atoms with Crippen molar-refractivity contribution in [3.05, 3.63) is 12.2 Å². The van der Waals surface area contributed by atoms with Crippen LogP contribution in [0.3, 0.4) is 0 Å². The summed E-state index contributed by atoms with van der Waals surface area (Å²) in [6.45, 7) is -0.0936. The maximum absolute atomic E-state index is 11.0. The van der Waals surface area contributed by atoms with Gasteiger partial charge in [-0.15, -0.1) is 0 Å². The summed E-state index contributed by atoms with van der Waals surface area (Å²) in [7, 11) is 1.43. The van der Waals surface area contributed by atoms with Crippen LogP contribution in [0.4, 0.5) is 0 Å². The molecule has 0 aromatic carbocycles. The van der Waals surface area contributed by atoms with E-state index in [0.29, 0.717) is 0 Å². The molecule has 0 aromatic rings. The van der Waals surface area contributed by atoms with Crippen molar-refractivity contribution in [3.63, 3.8) is 0 Å². The average molecular weight is 203 g/mol. The van der Waals surface area contributed by atoms with Crippen LogP contribution in [-0.4, -0.2) is 48.5 Å². The van der Waals surface area contributed by atoms with Crippen molar-refractivity contribution < 1.29 is 24.5 Å². The van der Waals surface area contributed by atoms with Gasteiger partial charge < -0.3 is 20.3 Å². The minimum Gasteiger partial charge on any atom is -0.478 e. The van der Waals surface area contributed by atoms with Crippen LogP contribution in [0.15, 0.2) is 12.2 Å². The van der Waals surface area contributed by atoms with Gasteiger partial charge in [-0.05, 0) is 0 Å². The third kappa shape index (κ3) is 6.15. The van der Waals surface area contributed by atoms with E-state index in [1.165, 1.54) is 7.11 Å². The highest BCUT2D eigenvalue weighted by atomic mass is 16.5. The van der Waals surface area contributed by atoms with E-state index in [-0.39, 0.29) is 13.2 Å². The summed E-state index contributed by atoms with van der Waals surface area (Å²) in [6.07, 6.45) is 1.59. The normalized spacial score (nSPS) is 12.7. The molecule has 80 valence electrons. The summed E-state index contributed by atoms with van der Waals surface area (Å²) >= 11 is 0.